The van der Waals surface area contributed by atoms with E-state index in [-0.39, 0.29) is 11.3 Å². The summed E-state index contributed by atoms with van der Waals surface area (Å²) in [6.45, 7) is 6.37. The minimum Gasteiger partial charge on any atom is -0.496 e. The number of benzene rings is 1. The monoisotopic (exact) mass is 316 g/mol. The molecule has 0 saturated heterocycles. The minimum absolute atomic E-state index is 0.0959. The van der Waals surface area contributed by atoms with Crippen molar-refractivity contribution in [1.82, 2.24) is 0 Å². The molecule has 3 N–H and O–H groups in total. The molecule has 1 amide bonds. The van der Waals surface area contributed by atoms with Gasteiger partial charge in [0, 0.05) is 11.3 Å². The molecule has 5 nitrogen and oxygen atoms in total. The van der Waals surface area contributed by atoms with Crippen molar-refractivity contribution in [2.75, 3.05) is 12.4 Å². The van der Waals surface area contributed by atoms with Gasteiger partial charge in [-0.15, -0.1) is 0 Å². The van der Waals surface area contributed by atoms with Crippen LogP contribution in [0.3, 0.4) is 0 Å². The molecule has 0 aromatic heterocycles. The number of alkyl halides is 2. The van der Waals surface area contributed by atoms with E-state index in [2.05, 4.69) is 5.32 Å². The third-order valence-electron chi connectivity index (χ3n) is 2.88. The van der Waals surface area contributed by atoms with Crippen LogP contribution in [0.15, 0.2) is 18.2 Å². The zero-order chi connectivity index (χ0) is 17.1. The Morgan fingerprint density at radius 2 is 1.86 bits per heavy atom. The largest absolute Gasteiger partial charge is 0.496 e. The lowest BCUT2D eigenvalue weighted by molar-refractivity contribution is 0.0611. The van der Waals surface area contributed by atoms with Crippen LogP contribution >= 0.6 is 0 Å². The van der Waals surface area contributed by atoms with E-state index in [1.54, 1.807) is 20.8 Å². The van der Waals surface area contributed by atoms with Gasteiger partial charge in [0.2, 0.25) is 0 Å². The Kier molecular flexibility index (Phi) is 5.35. The van der Waals surface area contributed by atoms with Crippen molar-refractivity contribution < 1.29 is 23.0 Å². The molecule has 0 bridgehead atoms. The summed E-state index contributed by atoms with van der Waals surface area (Å²) in [5.74, 6) is 0.222. The summed E-state index contributed by atoms with van der Waals surface area (Å²) >= 11 is 0. The Labute approximate surface area is 128 Å². The molecule has 1 rings (SSSR count). The minimum atomic E-state index is -2.79. The average molecular weight is 316 g/mol. The van der Waals surface area contributed by atoms with Gasteiger partial charge in [-0.1, -0.05) is 0 Å². The highest BCUT2D eigenvalue weighted by Gasteiger charge is 2.35. The Bertz CT molecular complexity index is 540. The number of carbonyl (C=O) groups excluding carboxylic acids is 1. The number of carbonyl (C=O) groups is 1. The lowest BCUT2D eigenvalue weighted by atomic mass is 9.92. The Morgan fingerprint density at radius 3 is 2.32 bits per heavy atom. The van der Waals surface area contributed by atoms with Gasteiger partial charge in [-0.05, 0) is 45.9 Å². The highest BCUT2D eigenvalue weighted by atomic mass is 19.3. The molecule has 1 atom stereocenters. The summed E-state index contributed by atoms with van der Waals surface area (Å²) in [5.41, 5.74) is 3.51. The van der Waals surface area contributed by atoms with E-state index in [1.165, 1.54) is 32.2 Å². The number of nitrogens with one attached hydrogen (secondary N) is 1. The maximum atomic E-state index is 13.1. The molecule has 1 aromatic rings. The molecule has 0 fully saturated rings. The predicted molar refractivity (Wildman–Crippen MR) is 80.4 cm³/mol. The number of ether oxygens (including phenoxy) is 2. The Hall–Kier alpha value is -1.89. The summed E-state index contributed by atoms with van der Waals surface area (Å²) in [6.07, 6.45) is -3.47. The van der Waals surface area contributed by atoms with Crippen LogP contribution in [0.2, 0.25) is 0 Å². The summed E-state index contributed by atoms with van der Waals surface area (Å²) < 4.78 is 36.5. The highest BCUT2D eigenvalue weighted by molar-refractivity contribution is 5.85. The number of anilines is 1. The normalized spacial score (nSPS) is 14.4. The third kappa shape index (κ3) is 4.56. The van der Waals surface area contributed by atoms with Crippen molar-refractivity contribution in [1.29, 1.82) is 0 Å². The second-order valence-corrected chi connectivity index (χ2v) is 6.13. The zero-order valence-electron chi connectivity index (χ0n) is 13.4. The van der Waals surface area contributed by atoms with E-state index in [9.17, 15) is 13.6 Å². The number of rotatable bonds is 4. The topological polar surface area (TPSA) is 73.6 Å². The van der Waals surface area contributed by atoms with Gasteiger partial charge in [0.05, 0.1) is 7.11 Å². The van der Waals surface area contributed by atoms with Crippen molar-refractivity contribution >= 4 is 11.8 Å². The predicted octanol–water partition coefficient (Wildman–Crippen LogP) is 3.48. The van der Waals surface area contributed by atoms with E-state index in [1.807, 2.05) is 0 Å². The first kappa shape index (κ1) is 18.2. The molecule has 0 spiro atoms. The van der Waals surface area contributed by atoms with Gasteiger partial charge in [-0.3, -0.25) is 5.32 Å². The van der Waals surface area contributed by atoms with Crippen LogP contribution in [0.4, 0.5) is 19.3 Å². The first-order chi connectivity index (χ1) is 9.97. The first-order valence-electron chi connectivity index (χ1n) is 6.73. The van der Waals surface area contributed by atoms with E-state index >= 15 is 0 Å². The molecule has 0 aliphatic heterocycles. The Morgan fingerprint density at radius 1 is 1.27 bits per heavy atom. The molecular formula is C15H22F2N2O3. The van der Waals surface area contributed by atoms with Gasteiger partial charge in [0.1, 0.15) is 16.9 Å². The van der Waals surface area contributed by atoms with Gasteiger partial charge >= 0.3 is 6.09 Å². The summed E-state index contributed by atoms with van der Waals surface area (Å²) in [7, 11) is 1.36. The fourth-order valence-electron chi connectivity index (χ4n) is 1.75. The number of amides is 1. The van der Waals surface area contributed by atoms with E-state index in [0.29, 0.717) is 5.69 Å². The standard InChI is InChI=1S/C15H22F2N2O3/c1-14(2,3)22-13(20)19-9-6-7-11(21-5)10(8-9)15(4,18)12(16)17/h6-8,12H,18H2,1-5H3,(H,19,20). The van der Waals surface area contributed by atoms with E-state index < -0.39 is 23.7 Å². The Balaban J connectivity index is 3.08. The van der Waals surface area contributed by atoms with Crippen molar-refractivity contribution in [3.63, 3.8) is 0 Å². The molecule has 0 heterocycles. The average Bonchev–Trinajstić information content (AvgIpc) is 2.36. The van der Waals surface area contributed by atoms with Crippen molar-refractivity contribution in [3.05, 3.63) is 23.8 Å². The van der Waals surface area contributed by atoms with Crippen LogP contribution in [-0.2, 0) is 10.3 Å². The summed E-state index contributed by atoms with van der Waals surface area (Å²) in [4.78, 5) is 11.7. The third-order valence-corrected chi connectivity index (χ3v) is 2.88. The van der Waals surface area contributed by atoms with Crippen LogP contribution in [-0.4, -0.2) is 25.2 Å². The molecule has 1 aromatic carbocycles. The maximum absolute atomic E-state index is 13.1. The molecule has 0 aliphatic rings. The van der Waals surface area contributed by atoms with Crippen molar-refractivity contribution in [3.8, 4) is 5.75 Å². The van der Waals surface area contributed by atoms with Crippen LogP contribution < -0.4 is 15.8 Å². The van der Waals surface area contributed by atoms with Crippen LogP contribution in [0, 0.1) is 0 Å². The van der Waals surface area contributed by atoms with Gasteiger partial charge < -0.3 is 15.2 Å². The van der Waals surface area contributed by atoms with Gasteiger partial charge in [0.25, 0.3) is 6.43 Å². The van der Waals surface area contributed by atoms with E-state index in [4.69, 9.17) is 15.2 Å². The number of nitrogens with two attached hydrogens (primary N) is 1. The van der Waals surface area contributed by atoms with Gasteiger partial charge in [-0.25, -0.2) is 13.6 Å². The molecule has 0 radical (unpaired) electrons. The molecular weight excluding hydrogens is 294 g/mol. The number of hydrogen-bond acceptors (Lipinski definition) is 4. The highest BCUT2D eigenvalue weighted by Crippen LogP contribution is 2.34. The first-order valence-corrected chi connectivity index (χ1v) is 6.73. The lowest BCUT2D eigenvalue weighted by Gasteiger charge is -2.27. The number of methoxy groups -OCH3 is 1. The van der Waals surface area contributed by atoms with E-state index in [0.717, 1.165) is 0 Å². The van der Waals surface area contributed by atoms with Crippen molar-refractivity contribution in [2.45, 2.75) is 45.3 Å². The van der Waals surface area contributed by atoms with Crippen LogP contribution in [0.5, 0.6) is 5.75 Å². The van der Waals surface area contributed by atoms with Gasteiger partial charge in [0.15, 0.2) is 0 Å². The smallest absolute Gasteiger partial charge is 0.412 e. The SMILES string of the molecule is COc1ccc(NC(=O)OC(C)(C)C)cc1C(C)(N)C(F)F. The molecule has 1 unspecified atom stereocenters. The summed E-state index contributed by atoms with van der Waals surface area (Å²) in [6, 6.07) is 4.35. The zero-order valence-corrected chi connectivity index (χ0v) is 13.4. The second-order valence-electron chi connectivity index (χ2n) is 6.13. The molecule has 0 aliphatic carbocycles. The molecule has 22 heavy (non-hydrogen) atoms. The molecule has 7 heteroatoms. The quantitative estimate of drug-likeness (QED) is 0.892. The van der Waals surface area contributed by atoms with Crippen LogP contribution in [0.25, 0.3) is 0 Å². The molecule has 0 saturated carbocycles. The van der Waals surface area contributed by atoms with Crippen LogP contribution in [0.1, 0.15) is 33.3 Å². The fraction of sp³-hybridized carbons (Fsp3) is 0.533. The summed E-state index contributed by atoms with van der Waals surface area (Å²) in [5, 5.41) is 2.48. The second kappa shape index (κ2) is 6.48. The molecule has 124 valence electrons. The number of halogens is 2. The lowest BCUT2D eigenvalue weighted by Crippen LogP contribution is -2.41. The van der Waals surface area contributed by atoms with Gasteiger partial charge in [-0.2, -0.15) is 0 Å². The fourth-order valence-corrected chi connectivity index (χ4v) is 1.75. The number of hydrogen-bond donors (Lipinski definition) is 2. The van der Waals surface area contributed by atoms with Crippen molar-refractivity contribution in [2.24, 2.45) is 5.73 Å². The maximum Gasteiger partial charge on any atom is 0.412 e.